The average Bonchev–Trinajstić information content (AvgIpc) is 3.27. The molecule has 160 valence electrons. The van der Waals surface area contributed by atoms with Gasteiger partial charge in [-0.3, -0.25) is 14.4 Å². The fourth-order valence-electron chi connectivity index (χ4n) is 3.32. The third-order valence-corrected chi connectivity index (χ3v) is 5.75. The number of nitrogens with zero attached hydrogens (tertiary/aromatic N) is 1. The Hall–Kier alpha value is -2.51. The zero-order chi connectivity index (χ0) is 21.7. The standard InChI is InChI=1S/C21H23Cl2N3O4/c1-13(19(27)24-11-16-5-3-9-30-16)25-20(28)15-4-2-8-26(12-15)21(29)14-6-7-17(22)18(23)10-14/h3,5-7,9-10,13,15H,2,4,8,11-12H2,1H3,(H,24,27)(H,25,28). The molecule has 0 saturated carbocycles. The lowest BCUT2D eigenvalue weighted by Crippen LogP contribution is -2.50. The second kappa shape index (κ2) is 10.00. The molecule has 1 saturated heterocycles. The molecule has 1 aliphatic rings. The van der Waals surface area contributed by atoms with Crippen molar-refractivity contribution in [3.8, 4) is 0 Å². The number of carbonyl (C=O) groups excluding carboxylic acids is 3. The summed E-state index contributed by atoms with van der Waals surface area (Å²) in [6.45, 7) is 2.71. The van der Waals surface area contributed by atoms with Gasteiger partial charge in [0.1, 0.15) is 11.8 Å². The molecule has 0 aliphatic carbocycles. The van der Waals surface area contributed by atoms with Gasteiger partial charge >= 0.3 is 0 Å². The number of nitrogens with one attached hydrogen (secondary N) is 2. The van der Waals surface area contributed by atoms with Crippen LogP contribution in [0.15, 0.2) is 41.0 Å². The third-order valence-electron chi connectivity index (χ3n) is 5.01. The van der Waals surface area contributed by atoms with Crippen molar-refractivity contribution in [2.75, 3.05) is 13.1 Å². The molecule has 0 radical (unpaired) electrons. The van der Waals surface area contributed by atoms with Gasteiger partial charge in [0.15, 0.2) is 0 Å². The Bertz CT molecular complexity index is 917. The van der Waals surface area contributed by atoms with E-state index in [0.717, 1.165) is 0 Å². The number of piperidine rings is 1. The molecule has 3 amide bonds. The molecular weight excluding hydrogens is 429 g/mol. The maximum atomic E-state index is 12.8. The van der Waals surface area contributed by atoms with Gasteiger partial charge in [-0.2, -0.15) is 0 Å². The molecule has 1 aromatic carbocycles. The molecule has 1 fully saturated rings. The highest BCUT2D eigenvalue weighted by molar-refractivity contribution is 6.42. The normalized spacial score (nSPS) is 17.3. The largest absolute Gasteiger partial charge is 0.467 e. The van der Waals surface area contributed by atoms with Gasteiger partial charge < -0.3 is 20.0 Å². The number of likely N-dealkylation sites (tertiary alicyclic amines) is 1. The van der Waals surface area contributed by atoms with E-state index in [1.165, 1.54) is 12.3 Å². The summed E-state index contributed by atoms with van der Waals surface area (Å²) >= 11 is 11.9. The van der Waals surface area contributed by atoms with Crippen molar-refractivity contribution in [2.24, 2.45) is 5.92 Å². The minimum atomic E-state index is -0.700. The van der Waals surface area contributed by atoms with Crippen LogP contribution in [0, 0.1) is 5.92 Å². The lowest BCUT2D eigenvalue weighted by atomic mass is 9.96. The molecule has 2 heterocycles. The van der Waals surface area contributed by atoms with Gasteiger partial charge in [-0.05, 0) is 50.1 Å². The zero-order valence-electron chi connectivity index (χ0n) is 16.5. The van der Waals surface area contributed by atoms with Crippen molar-refractivity contribution in [1.29, 1.82) is 0 Å². The summed E-state index contributed by atoms with van der Waals surface area (Å²) in [6, 6.07) is 7.52. The highest BCUT2D eigenvalue weighted by Crippen LogP contribution is 2.25. The number of hydrogen-bond donors (Lipinski definition) is 2. The molecule has 1 aliphatic heterocycles. The Kier molecular flexibility index (Phi) is 7.39. The molecule has 30 heavy (non-hydrogen) atoms. The molecule has 1 aromatic heterocycles. The van der Waals surface area contributed by atoms with E-state index in [9.17, 15) is 14.4 Å². The Morgan fingerprint density at radius 3 is 2.73 bits per heavy atom. The molecule has 3 rings (SSSR count). The topological polar surface area (TPSA) is 91.7 Å². The van der Waals surface area contributed by atoms with E-state index < -0.39 is 6.04 Å². The summed E-state index contributed by atoms with van der Waals surface area (Å²) in [4.78, 5) is 39.3. The van der Waals surface area contributed by atoms with Crippen molar-refractivity contribution in [3.05, 3.63) is 58.0 Å². The number of rotatable bonds is 6. The van der Waals surface area contributed by atoms with Crippen LogP contribution in [0.3, 0.4) is 0 Å². The van der Waals surface area contributed by atoms with Crippen molar-refractivity contribution < 1.29 is 18.8 Å². The van der Waals surface area contributed by atoms with E-state index in [-0.39, 0.29) is 36.7 Å². The molecule has 7 nitrogen and oxygen atoms in total. The SMILES string of the molecule is CC(NC(=O)C1CCCN(C(=O)c2ccc(Cl)c(Cl)c2)C1)C(=O)NCc1ccco1. The van der Waals surface area contributed by atoms with Gasteiger partial charge in [-0.15, -0.1) is 0 Å². The van der Waals surface area contributed by atoms with E-state index in [0.29, 0.717) is 40.8 Å². The van der Waals surface area contributed by atoms with Crippen LogP contribution in [-0.4, -0.2) is 41.8 Å². The van der Waals surface area contributed by atoms with Crippen molar-refractivity contribution in [3.63, 3.8) is 0 Å². The van der Waals surface area contributed by atoms with Crippen LogP contribution in [0.1, 0.15) is 35.9 Å². The molecule has 0 spiro atoms. The number of benzene rings is 1. The predicted molar refractivity (Wildman–Crippen MR) is 113 cm³/mol. The first-order valence-electron chi connectivity index (χ1n) is 9.70. The van der Waals surface area contributed by atoms with E-state index >= 15 is 0 Å². The second-order valence-electron chi connectivity index (χ2n) is 7.25. The minimum absolute atomic E-state index is 0.199. The van der Waals surface area contributed by atoms with Gasteiger partial charge in [0.25, 0.3) is 5.91 Å². The Morgan fingerprint density at radius 2 is 2.03 bits per heavy atom. The maximum absolute atomic E-state index is 12.8. The summed E-state index contributed by atoms with van der Waals surface area (Å²) < 4.78 is 5.17. The van der Waals surface area contributed by atoms with Gasteiger partial charge in [0, 0.05) is 18.7 Å². The van der Waals surface area contributed by atoms with E-state index in [4.69, 9.17) is 27.6 Å². The van der Waals surface area contributed by atoms with E-state index in [2.05, 4.69) is 10.6 Å². The molecular formula is C21H23Cl2N3O4. The highest BCUT2D eigenvalue weighted by atomic mass is 35.5. The van der Waals surface area contributed by atoms with Crippen molar-refractivity contribution in [1.82, 2.24) is 15.5 Å². The monoisotopic (exact) mass is 451 g/mol. The van der Waals surface area contributed by atoms with Crippen LogP contribution in [0.2, 0.25) is 10.0 Å². The van der Waals surface area contributed by atoms with Crippen LogP contribution in [0.4, 0.5) is 0 Å². The smallest absolute Gasteiger partial charge is 0.253 e. The van der Waals surface area contributed by atoms with E-state index in [1.54, 1.807) is 36.1 Å². The predicted octanol–water partition coefficient (Wildman–Crippen LogP) is 3.26. The quantitative estimate of drug-likeness (QED) is 0.704. The molecule has 2 aromatic rings. The summed E-state index contributed by atoms with van der Waals surface area (Å²) in [5.41, 5.74) is 0.427. The number of amides is 3. The third kappa shape index (κ3) is 5.55. The zero-order valence-corrected chi connectivity index (χ0v) is 18.0. The van der Waals surface area contributed by atoms with Gasteiger partial charge in [0.2, 0.25) is 11.8 Å². The van der Waals surface area contributed by atoms with Crippen LogP contribution >= 0.6 is 23.2 Å². The number of furan rings is 1. The summed E-state index contributed by atoms with van der Waals surface area (Å²) in [5, 5.41) is 6.14. The van der Waals surface area contributed by atoms with E-state index in [1.807, 2.05) is 0 Å². The molecule has 2 unspecified atom stereocenters. The van der Waals surface area contributed by atoms with Crippen LogP contribution in [-0.2, 0) is 16.1 Å². The highest BCUT2D eigenvalue weighted by Gasteiger charge is 2.30. The minimum Gasteiger partial charge on any atom is -0.467 e. The fourth-order valence-corrected chi connectivity index (χ4v) is 3.62. The summed E-state index contributed by atoms with van der Waals surface area (Å²) in [7, 11) is 0. The molecule has 0 bridgehead atoms. The number of halogens is 2. The first-order chi connectivity index (χ1) is 14.3. The Morgan fingerprint density at radius 1 is 1.23 bits per heavy atom. The Balaban J connectivity index is 1.53. The first kappa shape index (κ1) is 22.2. The summed E-state index contributed by atoms with van der Waals surface area (Å²) in [6.07, 6.45) is 2.88. The Labute approximate surface area is 184 Å². The lowest BCUT2D eigenvalue weighted by molar-refractivity contribution is -0.131. The fraction of sp³-hybridized carbons (Fsp3) is 0.381. The average molecular weight is 452 g/mol. The molecule has 9 heteroatoms. The molecule has 2 atom stereocenters. The lowest BCUT2D eigenvalue weighted by Gasteiger charge is -2.32. The summed E-state index contributed by atoms with van der Waals surface area (Å²) in [5.74, 6) is -0.506. The van der Waals surface area contributed by atoms with Crippen LogP contribution in [0.25, 0.3) is 0 Å². The van der Waals surface area contributed by atoms with Gasteiger partial charge in [-0.1, -0.05) is 23.2 Å². The second-order valence-corrected chi connectivity index (χ2v) is 8.06. The molecule has 2 N–H and O–H groups in total. The number of hydrogen-bond acceptors (Lipinski definition) is 4. The number of carbonyl (C=O) groups is 3. The van der Waals surface area contributed by atoms with Gasteiger partial charge in [0.05, 0.1) is 28.8 Å². The van der Waals surface area contributed by atoms with Crippen LogP contribution in [0.5, 0.6) is 0 Å². The maximum Gasteiger partial charge on any atom is 0.253 e. The van der Waals surface area contributed by atoms with Crippen LogP contribution < -0.4 is 10.6 Å². The van der Waals surface area contributed by atoms with Crippen molar-refractivity contribution in [2.45, 2.75) is 32.4 Å². The van der Waals surface area contributed by atoms with Crippen molar-refractivity contribution >= 4 is 40.9 Å². The van der Waals surface area contributed by atoms with Gasteiger partial charge in [-0.25, -0.2) is 0 Å². The first-order valence-corrected chi connectivity index (χ1v) is 10.5.